The molecule has 0 fully saturated rings. The number of benzene rings is 4. The quantitative estimate of drug-likeness (QED) is 0.143. The van der Waals surface area contributed by atoms with E-state index in [1.807, 2.05) is 61.5 Å². The minimum Gasteiger partial charge on any atom is -0.487 e. The van der Waals surface area contributed by atoms with Gasteiger partial charge in [-0.1, -0.05) is 72.8 Å². The van der Waals surface area contributed by atoms with Crippen LogP contribution in [0.1, 0.15) is 46.1 Å². The molecule has 0 saturated carbocycles. The van der Waals surface area contributed by atoms with Crippen LogP contribution in [0.5, 0.6) is 17.2 Å². The van der Waals surface area contributed by atoms with Crippen LogP contribution in [0, 0.1) is 5.41 Å². The predicted octanol–water partition coefficient (Wildman–Crippen LogP) is 6.63. The summed E-state index contributed by atoms with van der Waals surface area (Å²) in [4.78, 5) is 23.7. The summed E-state index contributed by atoms with van der Waals surface area (Å²) in [6.07, 6.45) is 0.439. The number of ether oxygens (including phenoxy) is 9. The molecule has 56 heavy (non-hydrogen) atoms. The summed E-state index contributed by atoms with van der Waals surface area (Å²) in [5.41, 5.74) is 2.51. The second-order valence-corrected chi connectivity index (χ2v) is 13.7. The normalized spacial score (nSPS) is 20.0. The third kappa shape index (κ3) is 10.3. The van der Waals surface area contributed by atoms with Crippen molar-refractivity contribution in [2.45, 2.75) is 25.4 Å². The number of fused-ring (bicyclic) bond motifs is 1. The number of rotatable bonds is 8. The first-order valence-corrected chi connectivity index (χ1v) is 19.1. The highest BCUT2D eigenvalue weighted by Gasteiger charge is 2.45. The molecular formula is C44H48N2O10. The summed E-state index contributed by atoms with van der Waals surface area (Å²) in [6.45, 7) is 6.87. The Morgan fingerprint density at radius 2 is 1.11 bits per heavy atom. The fourth-order valence-electron chi connectivity index (χ4n) is 6.63. The minimum absolute atomic E-state index is 0.143. The first-order valence-electron chi connectivity index (χ1n) is 19.1. The Kier molecular flexibility index (Phi) is 13.6. The van der Waals surface area contributed by atoms with Crippen LogP contribution in [-0.4, -0.2) is 97.0 Å². The molecule has 12 heteroatoms. The molecule has 3 heterocycles. The number of aliphatic imine (C=N–C) groups is 2. The van der Waals surface area contributed by atoms with E-state index in [9.17, 15) is 4.79 Å². The zero-order valence-corrected chi connectivity index (χ0v) is 31.6. The number of hydrogen-bond donors (Lipinski definition) is 0. The predicted molar refractivity (Wildman–Crippen MR) is 209 cm³/mol. The highest BCUT2D eigenvalue weighted by Crippen LogP contribution is 2.39. The second-order valence-electron chi connectivity index (χ2n) is 13.7. The van der Waals surface area contributed by atoms with Crippen LogP contribution in [0.2, 0.25) is 0 Å². The summed E-state index contributed by atoms with van der Waals surface area (Å²) >= 11 is 0. The van der Waals surface area contributed by atoms with Gasteiger partial charge in [0.15, 0.2) is 23.3 Å². The fraction of sp³-hybridized carbons (Fsp3) is 0.386. The molecule has 0 amide bonds. The number of esters is 1. The van der Waals surface area contributed by atoms with E-state index >= 15 is 0 Å². The Morgan fingerprint density at radius 1 is 0.589 bits per heavy atom. The Bertz CT molecular complexity index is 1870. The molecule has 4 aromatic rings. The van der Waals surface area contributed by atoms with E-state index in [1.54, 1.807) is 24.3 Å². The molecule has 2 atom stereocenters. The first-order chi connectivity index (χ1) is 27.5. The van der Waals surface area contributed by atoms with Crippen LogP contribution in [0.15, 0.2) is 113 Å². The summed E-state index contributed by atoms with van der Waals surface area (Å²) in [5.74, 6) is 1.83. The maximum atomic E-state index is 13.6. The van der Waals surface area contributed by atoms with Crippen molar-refractivity contribution in [3.8, 4) is 17.2 Å². The lowest BCUT2D eigenvalue weighted by atomic mass is 9.82. The van der Waals surface area contributed by atoms with E-state index in [0.29, 0.717) is 114 Å². The van der Waals surface area contributed by atoms with Gasteiger partial charge in [0.05, 0.1) is 58.4 Å². The van der Waals surface area contributed by atoms with Gasteiger partial charge in [-0.15, -0.1) is 0 Å². The molecule has 0 bridgehead atoms. The lowest BCUT2D eigenvalue weighted by Crippen LogP contribution is -2.39. The third-order valence-corrected chi connectivity index (χ3v) is 9.55. The first kappa shape index (κ1) is 39.0. The number of hydrogen-bond acceptors (Lipinski definition) is 12. The molecule has 0 aliphatic carbocycles. The fourth-order valence-corrected chi connectivity index (χ4v) is 6.63. The summed E-state index contributed by atoms with van der Waals surface area (Å²) in [6, 6.07) is 32.3. The van der Waals surface area contributed by atoms with Gasteiger partial charge >= 0.3 is 5.97 Å². The molecular weight excluding hydrogens is 716 g/mol. The van der Waals surface area contributed by atoms with Crippen LogP contribution >= 0.6 is 0 Å². The largest absolute Gasteiger partial charge is 0.487 e. The SMILES string of the molecule is CC(Cc1cccc(OC(=O)c2ccc3c(c2)OCCOCCOCCOCCOCCO3)c1)(C1=N[C@H](c2ccccc2)CO1)C1=N[C@H](c2ccccc2)CO1. The van der Waals surface area contributed by atoms with E-state index < -0.39 is 11.4 Å². The molecule has 0 saturated heterocycles. The van der Waals surface area contributed by atoms with Crippen LogP contribution in [0.25, 0.3) is 0 Å². The van der Waals surface area contributed by atoms with Gasteiger partial charge in [0.2, 0.25) is 0 Å². The highest BCUT2D eigenvalue weighted by molar-refractivity contribution is 6.06. The molecule has 3 aliphatic heterocycles. The van der Waals surface area contributed by atoms with E-state index in [-0.39, 0.29) is 18.7 Å². The summed E-state index contributed by atoms with van der Waals surface area (Å²) in [7, 11) is 0. The summed E-state index contributed by atoms with van der Waals surface area (Å²) < 4.78 is 52.9. The smallest absolute Gasteiger partial charge is 0.343 e. The number of nitrogens with zero attached hydrogens (tertiary/aromatic N) is 2. The van der Waals surface area contributed by atoms with Crippen molar-refractivity contribution < 1.29 is 47.4 Å². The zero-order valence-electron chi connectivity index (χ0n) is 31.6. The van der Waals surface area contributed by atoms with E-state index in [1.165, 1.54) is 0 Å². The molecule has 4 aromatic carbocycles. The second kappa shape index (κ2) is 19.5. The average molecular weight is 765 g/mol. The third-order valence-electron chi connectivity index (χ3n) is 9.55. The molecule has 0 N–H and O–H groups in total. The zero-order chi connectivity index (χ0) is 38.4. The van der Waals surface area contributed by atoms with E-state index in [2.05, 4.69) is 24.3 Å². The molecule has 7 rings (SSSR count). The number of carbonyl (C=O) groups is 1. The molecule has 0 aromatic heterocycles. The monoisotopic (exact) mass is 764 g/mol. The van der Waals surface area contributed by atoms with Gasteiger partial charge in [-0.2, -0.15) is 0 Å². The van der Waals surface area contributed by atoms with Gasteiger partial charge in [-0.3, -0.25) is 0 Å². The van der Waals surface area contributed by atoms with Crippen molar-refractivity contribution in [1.82, 2.24) is 0 Å². The van der Waals surface area contributed by atoms with Crippen LogP contribution in [0.4, 0.5) is 0 Å². The molecule has 0 spiro atoms. The van der Waals surface area contributed by atoms with Crippen molar-refractivity contribution in [2.75, 3.05) is 79.3 Å². The van der Waals surface area contributed by atoms with Crippen molar-refractivity contribution in [3.05, 3.63) is 125 Å². The topological polar surface area (TPSA) is 125 Å². The Labute approximate surface area is 327 Å². The Balaban J connectivity index is 1.07. The molecule has 12 nitrogen and oxygen atoms in total. The van der Waals surface area contributed by atoms with E-state index in [4.69, 9.17) is 52.6 Å². The van der Waals surface area contributed by atoms with Gasteiger partial charge in [0.1, 0.15) is 49.7 Å². The Hall–Kier alpha value is -5.27. The maximum Gasteiger partial charge on any atom is 0.343 e. The van der Waals surface area contributed by atoms with Gasteiger partial charge in [0, 0.05) is 0 Å². The Morgan fingerprint density at radius 3 is 1.66 bits per heavy atom. The van der Waals surface area contributed by atoms with E-state index in [0.717, 1.165) is 16.7 Å². The molecule has 0 radical (unpaired) electrons. The average Bonchev–Trinajstić information content (AvgIpc) is 3.94. The number of carbonyl (C=O) groups excluding carboxylic acids is 1. The van der Waals surface area contributed by atoms with Gasteiger partial charge in [0.25, 0.3) is 0 Å². The lowest BCUT2D eigenvalue weighted by Gasteiger charge is -2.28. The van der Waals surface area contributed by atoms with Crippen molar-refractivity contribution in [3.63, 3.8) is 0 Å². The minimum atomic E-state index is -0.831. The van der Waals surface area contributed by atoms with Gasteiger partial charge in [-0.05, 0) is 60.4 Å². The van der Waals surface area contributed by atoms with Gasteiger partial charge < -0.3 is 42.6 Å². The van der Waals surface area contributed by atoms with Crippen LogP contribution in [0.3, 0.4) is 0 Å². The van der Waals surface area contributed by atoms with Gasteiger partial charge in [-0.25, -0.2) is 14.8 Å². The summed E-state index contributed by atoms with van der Waals surface area (Å²) in [5, 5.41) is 0. The standard InChI is InChI=1S/C44H48N2O10/c1-44(42-45-37(30-54-42)33-10-4-2-5-11-33,43-46-38(31-55-43)34-12-6-3-7-13-34)29-32-9-8-14-36(27-32)56-41(47)35-15-16-39-40(28-35)53-26-24-51-22-20-49-18-17-48-19-21-50-23-25-52-39/h2-16,27-28,37-38H,17-26,29-31H2,1H3/t37-,38-/m0/s1. The van der Waals surface area contributed by atoms with Crippen molar-refractivity contribution >= 4 is 17.8 Å². The molecule has 3 aliphatic rings. The van der Waals surface area contributed by atoms with Crippen LogP contribution in [-0.2, 0) is 34.8 Å². The molecule has 0 unspecified atom stereocenters. The lowest BCUT2D eigenvalue weighted by molar-refractivity contribution is -0.00842. The molecule has 294 valence electrons. The van der Waals surface area contributed by atoms with Crippen molar-refractivity contribution in [1.29, 1.82) is 0 Å². The highest BCUT2D eigenvalue weighted by atomic mass is 16.6. The van der Waals surface area contributed by atoms with Crippen molar-refractivity contribution in [2.24, 2.45) is 15.4 Å². The van der Waals surface area contributed by atoms with Crippen LogP contribution < -0.4 is 14.2 Å². The maximum absolute atomic E-state index is 13.6.